The van der Waals surface area contributed by atoms with E-state index < -0.39 is 0 Å². The predicted molar refractivity (Wildman–Crippen MR) is 103 cm³/mol. The van der Waals surface area contributed by atoms with Crippen molar-refractivity contribution in [2.75, 3.05) is 31.1 Å². The maximum atomic E-state index is 12.7. The molecule has 0 saturated carbocycles. The van der Waals surface area contributed by atoms with E-state index in [1.165, 1.54) is 22.7 Å². The van der Waals surface area contributed by atoms with Crippen LogP contribution >= 0.6 is 22.7 Å². The third kappa shape index (κ3) is 4.43. The number of hydrogen-bond acceptors (Lipinski definition) is 8. The summed E-state index contributed by atoms with van der Waals surface area (Å²) in [6, 6.07) is 0. The number of carbonyl (C=O) groups excluding carboxylic acids is 2. The molecule has 2 aromatic heterocycles. The van der Waals surface area contributed by atoms with E-state index in [9.17, 15) is 9.59 Å². The Hall–Kier alpha value is -2.51. The lowest BCUT2D eigenvalue weighted by Gasteiger charge is -2.30. The zero-order chi connectivity index (χ0) is 19.2. The van der Waals surface area contributed by atoms with Gasteiger partial charge < -0.3 is 9.64 Å². The van der Waals surface area contributed by atoms with Crippen LogP contribution in [0.4, 0.5) is 9.93 Å². The van der Waals surface area contributed by atoms with E-state index in [1.54, 1.807) is 20.7 Å². The fourth-order valence-electron chi connectivity index (χ4n) is 2.87. The molecule has 0 atom stereocenters. The zero-order valence-electron chi connectivity index (χ0n) is 14.8. The lowest BCUT2D eigenvalue weighted by atomic mass is 9.98. The second kappa shape index (κ2) is 8.92. The Balaban J connectivity index is 1.61. The molecule has 10 heteroatoms. The van der Waals surface area contributed by atoms with Crippen LogP contribution in [0.2, 0.25) is 0 Å². The molecule has 1 aliphatic rings. The number of aromatic nitrogens is 3. The number of thiazole rings is 1. The molecule has 0 radical (unpaired) electrons. The number of carbonyl (C=O) groups is 2. The van der Waals surface area contributed by atoms with Gasteiger partial charge in [0.15, 0.2) is 6.61 Å². The van der Waals surface area contributed by atoms with Crippen LogP contribution in [0.1, 0.15) is 41.2 Å². The van der Waals surface area contributed by atoms with Gasteiger partial charge in [0, 0.05) is 30.9 Å². The summed E-state index contributed by atoms with van der Waals surface area (Å²) in [4.78, 5) is 32.4. The maximum Gasteiger partial charge on any atom is 0.410 e. The Morgan fingerprint density at radius 2 is 2.19 bits per heavy atom. The molecule has 0 aliphatic carbocycles. The molecule has 1 saturated heterocycles. The highest BCUT2D eigenvalue weighted by Crippen LogP contribution is 2.31. The lowest BCUT2D eigenvalue weighted by molar-refractivity contribution is 0.0983. The van der Waals surface area contributed by atoms with Gasteiger partial charge in [0.25, 0.3) is 5.91 Å². The summed E-state index contributed by atoms with van der Waals surface area (Å²) in [7, 11) is 0. The van der Waals surface area contributed by atoms with Crippen LogP contribution in [0.25, 0.3) is 0 Å². The van der Waals surface area contributed by atoms with Crippen molar-refractivity contribution in [3.8, 4) is 12.3 Å². The van der Waals surface area contributed by atoms with Crippen LogP contribution in [0.3, 0.4) is 0 Å². The summed E-state index contributed by atoms with van der Waals surface area (Å²) in [6.07, 6.45) is 6.28. The number of terminal acetylenes is 1. The normalized spacial score (nSPS) is 14.6. The summed E-state index contributed by atoms with van der Waals surface area (Å²) in [5, 5.41) is 11.0. The Morgan fingerprint density at radius 1 is 1.41 bits per heavy atom. The van der Waals surface area contributed by atoms with Gasteiger partial charge in [-0.3, -0.25) is 9.69 Å². The third-order valence-electron chi connectivity index (χ3n) is 4.26. The van der Waals surface area contributed by atoms with Crippen LogP contribution in [0.5, 0.6) is 0 Å². The molecule has 142 valence electrons. The van der Waals surface area contributed by atoms with Crippen LogP contribution in [0, 0.1) is 12.3 Å². The van der Waals surface area contributed by atoms with Crippen LogP contribution in [-0.4, -0.2) is 58.3 Å². The first-order valence-electron chi connectivity index (χ1n) is 8.52. The Morgan fingerprint density at radius 3 is 2.81 bits per heavy atom. The molecule has 8 nitrogen and oxygen atoms in total. The standard InChI is InChI=1S/C17H19N5O3S2/c1-3-9-25-17(24)21-7-5-12(6-8-21)14-19-13(10-26-14)15(23)22(4-2)16-20-18-11-27-16/h1,10-12H,4-9H2,2H3. The van der Waals surface area contributed by atoms with Crippen molar-refractivity contribution in [2.45, 2.75) is 25.7 Å². The molecule has 27 heavy (non-hydrogen) atoms. The van der Waals surface area contributed by atoms with E-state index in [0.29, 0.717) is 30.5 Å². The largest absolute Gasteiger partial charge is 0.436 e. The van der Waals surface area contributed by atoms with Crippen molar-refractivity contribution >= 4 is 39.8 Å². The molecule has 1 fully saturated rings. The van der Waals surface area contributed by atoms with Crippen LogP contribution in [-0.2, 0) is 4.74 Å². The Bertz CT molecular complexity index is 822. The van der Waals surface area contributed by atoms with Crippen molar-refractivity contribution in [1.82, 2.24) is 20.1 Å². The number of likely N-dealkylation sites (tertiary alicyclic amines) is 1. The van der Waals surface area contributed by atoms with E-state index in [2.05, 4.69) is 21.1 Å². The lowest BCUT2D eigenvalue weighted by Crippen LogP contribution is -2.38. The molecule has 2 amide bonds. The van der Waals surface area contributed by atoms with Gasteiger partial charge in [-0.15, -0.1) is 28.0 Å². The van der Waals surface area contributed by atoms with E-state index in [1.807, 2.05) is 6.92 Å². The molecule has 2 aromatic rings. The van der Waals surface area contributed by atoms with Gasteiger partial charge in [0.1, 0.15) is 11.2 Å². The van der Waals surface area contributed by atoms with Gasteiger partial charge in [0.05, 0.1) is 5.01 Å². The highest BCUT2D eigenvalue weighted by atomic mass is 32.1. The highest BCUT2D eigenvalue weighted by molar-refractivity contribution is 7.13. The number of ether oxygens (including phenoxy) is 1. The zero-order valence-corrected chi connectivity index (χ0v) is 16.5. The first-order valence-corrected chi connectivity index (χ1v) is 10.3. The first kappa shape index (κ1) is 19.3. The molecule has 3 rings (SSSR count). The molecule has 0 bridgehead atoms. The molecule has 0 spiro atoms. The summed E-state index contributed by atoms with van der Waals surface area (Å²) >= 11 is 2.80. The molecule has 0 unspecified atom stereocenters. The van der Waals surface area contributed by atoms with E-state index in [4.69, 9.17) is 11.2 Å². The fraction of sp³-hybridized carbons (Fsp3) is 0.471. The Kier molecular flexibility index (Phi) is 6.36. The number of hydrogen-bond donors (Lipinski definition) is 0. The van der Waals surface area contributed by atoms with Crippen molar-refractivity contribution in [2.24, 2.45) is 0 Å². The first-order chi connectivity index (χ1) is 13.1. The van der Waals surface area contributed by atoms with Gasteiger partial charge >= 0.3 is 6.09 Å². The number of nitrogens with zero attached hydrogens (tertiary/aromatic N) is 5. The van der Waals surface area contributed by atoms with E-state index in [0.717, 1.165) is 17.8 Å². The molecule has 1 aliphatic heterocycles. The van der Waals surface area contributed by atoms with Gasteiger partial charge in [-0.25, -0.2) is 9.78 Å². The average molecular weight is 406 g/mol. The summed E-state index contributed by atoms with van der Waals surface area (Å²) < 4.78 is 4.96. The monoisotopic (exact) mass is 405 g/mol. The smallest absolute Gasteiger partial charge is 0.410 e. The fourth-order valence-corrected chi connectivity index (χ4v) is 4.45. The predicted octanol–water partition coefficient (Wildman–Crippen LogP) is 2.61. The van der Waals surface area contributed by atoms with Gasteiger partial charge in [-0.1, -0.05) is 17.3 Å². The molecular formula is C17H19N5O3S2. The minimum Gasteiger partial charge on any atom is -0.436 e. The summed E-state index contributed by atoms with van der Waals surface area (Å²) in [6.45, 7) is 3.55. The van der Waals surface area contributed by atoms with Gasteiger partial charge in [-0.05, 0) is 19.8 Å². The SMILES string of the molecule is C#CCOC(=O)N1CCC(c2nc(C(=O)N(CC)c3nncs3)cs2)CC1. The number of anilines is 1. The number of rotatable bonds is 5. The van der Waals surface area contributed by atoms with Crippen molar-refractivity contribution < 1.29 is 14.3 Å². The quantitative estimate of drug-likeness (QED) is 0.711. The van der Waals surface area contributed by atoms with E-state index in [-0.39, 0.29) is 24.5 Å². The van der Waals surface area contributed by atoms with Crippen molar-refractivity contribution in [3.05, 3.63) is 21.6 Å². The minimum atomic E-state index is -0.378. The number of piperidine rings is 1. The topological polar surface area (TPSA) is 88.5 Å². The second-order valence-corrected chi connectivity index (χ2v) is 7.56. The van der Waals surface area contributed by atoms with Crippen molar-refractivity contribution in [3.63, 3.8) is 0 Å². The molecular weight excluding hydrogens is 386 g/mol. The van der Waals surface area contributed by atoms with Gasteiger partial charge in [-0.2, -0.15) is 0 Å². The molecule has 0 aromatic carbocycles. The van der Waals surface area contributed by atoms with Crippen molar-refractivity contribution in [1.29, 1.82) is 0 Å². The maximum absolute atomic E-state index is 12.7. The summed E-state index contributed by atoms with van der Waals surface area (Å²) in [5.74, 6) is 2.34. The Labute approximate surface area is 165 Å². The highest BCUT2D eigenvalue weighted by Gasteiger charge is 2.28. The summed E-state index contributed by atoms with van der Waals surface area (Å²) in [5.41, 5.74) is 2.02. The van der Waals surface area contributed by atoms with Crippen LogP contribution in [0.15, 0.2) is 10.9 Å². The minimum absolute atomic E-state index is 0.0146. The van der Waals surface area contributed by atoms with E-state index >= 15 is 0 Å². The molecule has 3 heterocycles. The molecule has 0 N–H and O–H groups in total. The average Bonchev–Trinajstić information content (AvgIpc) is 3.39. The third-order valence-corrected chi connectivity index (χ3v) is 5.98. The number of amides is 2. The van der Waals surface area contributed by atoms with Gasteiger partial charge in [0.2, 0.25) is 5.13 Å². The van der Waals surface area contributed by atoms with Crippen LogP contribution < -0.4 is 4.90 Å². The second-order valence-electron chi connectivity index (χ2n) is 5.86.